The summed E-state index contributed by atoms with van der Waals surface area (Å²) in [5.41, 5.74) is 2.30. The first kappa shape index (κ1) is 16.6. The molecule has 0 atom stereocenters. The minimum absolute atomic E-state index is 0.725. The molecule has 0 radical (unpaired) electrons. The Balaban J connectivity index is 1.54. The second kappa shape index (κ2) is 9.31. The third-order valence-electron chi connectivity index (χ3n) is 3.79. The Hall–Kier alpha value is -0.740. The van der Waals surface area contributed by atoms with Crippen LogP contribution in [0.4, 0.5) is 5.69 Å². The Morgan fingerprint density at radius 1 is 1.29 bits per heavy atom. The van der Waals surface area contributed by atoms with Crippen LogP contribution in [0.5, 0.6) is 0 Å². The standard InChI is InChI=1S/C17H26N2S2/c1-14-7-5-8-15(13-14)19-17(20)18-11-6-12-21-16-9-3-2-4-10-16/h5,7-8,13,16H,2-4,6,9-12H2,1H3,(H2,18,19,20). The van der Waals surface area contributed by atoms with Crippen molar-refractivity contribution < 1.29 is 0 Å². The van der Waals surface area contributed by atoms with Crippen molar-refractivity contribution in [1.29, 1.82) is 0 Å². The number of anilines is 1. The van der Waals surface area contributed by atoms with Crippen LogP contribution in [0.2, 0.25) is 0 Å². The molecule has 1 saturated carbocycles. The maximum Gasteiger partial charge on any atom is 0.170 e. The van der Waals surface area contributed by atoms with Gasteiger partial charge in [-0.15, -0.1) is 0 Å². The summed E-state index contributed by atoms with van der Waals surface area (Å²) < 4.78 is 0. The van der Waals surface area contributed by atoms with Crippen molar-refractivity contribution >= 4 is 34.8 Å². The molecule has 1 aliphatic carbocycles. The highest BCUT2D eigenvalue weighted by atomic mass is 32.2. The molecule has 0 unspecified atom stereocenters. The predicted molar refractivity (Wildman–Crippen MR) is 99.4 cm³/mol. The summed E-state index contributed by atoms with van der Waals surface area (Å²) in [4.78, 5) is 0. The van der Waals surface area contributed by atoms with Crippen molar-refractivity contribution in [2.45, 2.75) is 50.7 Å². The molecule has 2 rings (SSSR count). The quantitative estimate of drug-likeness (QED) is 0.583. The van der Waals surface area contributed by atoms with Crippen molar-refractivity contribution in [2.24, 2.45) is 0 Å². The van der Waals surface area contributed by atoms with Gasteiger partial charge in [-0.25, -0.2) is 0 Å². The highest BCUT2D eigenvalue weighted by Gasteiger charge is 2.12. The Kier molecular flexibility index (Phi) is 7.37. The molecule has 0 spiro atoms. The zero-order valence-corrected chi connectivity index (χ0v) is 14.5. The Morgan fingerprint density at radius 2 is 2.10 bits per heavy atom. The van der Waals surface area contributed by atoms with Gasteiger partial charge in [0.15, 0.2) is 5.11 Å². The summed E-state index contributed by atoms with van der Waals surface area (Å²) in [6, 6.07) is 8.28. The molecule has 1 aromatic carbocycles. The summed E-state index contributed by atoms with van der Waals surface area (Å²) in [7, 11) is 0. The topological polar surface area (TPSA) is 24.1 Å². The Labute approximate surface area is 138 Å². The fraction of sp³-hybridized carbons (Fsp3) is 0.588. The summed E-state index contributed by atoms with van der Waals surface area (Å²) >= 11 is 7.48. The normalized spacial score (nSPS) is 15.7. The second-order valence-corrected chi connectivity index (χ2v) is 7.55. The minimum atomic E-state index is 0.725. The van der Waals surface area contributed by atoms with Crippen molar-refractivity contribution in [2.75, 3.05) is 17.6 Å². The number of hydrogen-bond acceptors (Lipinski definition) is 2. The van der Waals surface area contributed by atoms with Crippen molar-refractivity contribution in [1.82, 2.24) is 5.32 Å². The SMILES string of the molecule is Cc1cccc(NC(=S)NCCCSC2CCCCC2)c1. The van der Waals surface area contributed by atoms with Crippen LogP contribution in [0.1, 0.15) is 44.1 Å². The average molecular weight is 323 g/mol. The molecule has 2 N–H and O–H groups in total. The first-order chi connectivity index (χ1) is 10.2. The first-order valence-corrected chi connectivity index (χ1v) is 9.43. The third-order valence-corrected chi connectivity index (χ3v) is 5.50. The van der Waals surface area contributed by atoms with Gasteiger partial charge in [-0.3, -0.25) is 0 Å². The Morgan fingerprint density at radius 3 is 2.86 bits per heavy atom. The molecule has 0 bridgehead atoms. The fourth-order valence-corrected chi connectivity index (χ4v) is 4.18. The number of aryl methyl sites for hydroxylation is 1. The van der Waals surface area contributed by atoms with E-state index in [-0.39, 0.29) is 0 Å². The van der Waals surface area contributed by atoms with Crippen LogP contribution in [-0.4, -0.2) is 22.7 Å². The van der Waals surface area contributed by atoms with E-state index in [1.807, 2.05) is 12.1 Å². The minimum Gasteiger partial charge on any atom is -0.362 e. The van der Waals surface area contributed by atoms with Gasteiger partial charge in [-0.2, -0.15) is 11.8 Å². The number of rotatable bonds is 6. The lowest BCUT2D eigenvalue weighted by Crippen LogP contribution is -2.29. The predicted octanol–water partition coefficient (Wildman–Crippen LogP) is 4.74. The highest BCUT2D eigenvalue weighted by Crippen LogP contribution is 2.28. The Bertz CT molecular complexity index is 442. The molecule has 4 heteroatoms. The number of benzene rings is 1. The van der Waals surface area contributed by atoms with E-state index in [0.29, 0.717) is 0 Å². The van der Waals surface area contributed by atoms with Crippen LogP contribution in [-0.2, 0) is 0 Å². The number of hydrogen-bond donors (Lipinski definition) is 2. The van der Waals surface area contributed by atoms with E-state index in [4.69, 9.17) is 12.2 Å². The van der Waals surface area contributed by atoms with Gasteiger partial charge in [-0.1, -0.05) is 31.4 Å². The zero-order valence-electron chi connectivity index (χ0n) is 12.9. The lowest BCUT2D eigenvalue weighted by molar-refractivity contribution is 0.516. The molecule has 1 aromatic rings. The van der Waals surface area contributed by atoms with Crippen LogP contribution in [0, 0.1) is 6.92 Å². The maximum atomic E-state index is 5.33. The first-order valence-electron chi connectivity index (χ1n) is 7.97. The molecule has 0 heterocycles. The van der Waals surface area contributed by atoms with Crippen LogP contribution >= 0.6 is 24.0 Å². The van der Waals surface area contributed by atoms with E-state index in [2.05, 4.69) is 41.5 Å². The van der Waals surface area contributed by atoms with Gasteiger partial charge in [0.05, 0.1) is 0 Å². The number of thioether (sulfide) groups is 1. The van der Waals surface area contributed by atoms with Crippen molar-refractivity contribution in [3.05, 3.63) is 29.8 Å². The lowest BCUT2D eigenvalue weighted by atomic mass is 10.0. The molecule has 0 aliphatic heterocycles. The van der Waals surface area contributed by atoms with Gasteiger partial charge >= 0.3 is 0 Å². The highest BCUT2D eigenvalue weighted by molar-refractivity contribution is 7.99. The molecule has 0 amide bonds. The van der Waals surface area contributed by atoms with E-state index in [9.17, 15) is 0 Å². The van der Waals surface area contributed by atoms with Gasteiger partial charge in [0, 0.05) is 17.5 Å². The van der Waals surface area contributed by atoms with E-state index in [1.165, 1.54) is 49.8 Å². The molecule has 116 valence electrons. The smallest absolute Gasteiger partial charge is 0.170 e. The molecule has 2 nitrogen and oxygen atoms in total. The molecule has 1 fully saturated rings. The lowest BCUT2D eigenvalue weighted by Gasteiger charge is -2.20. The molecule has 1 aliphatic rings. The molecule has 21 heavy (non-hydrogen) atoms. The molecular weight excluding hydrogens is 296 g/mol. The molecule has 0 aromatic heterocycles. The van der Waals surface area contributed by atoms with E-state index in [0.717, 1.165) is 22.6 Å². The summed E-state index contributed by atoms with van der Waals surface area (Å²) in [6.07, 6.45) is 8.33. The van der Waals surface area contributed by atoms with Crippen LogP contribution < -0.4 is 10.6 Å². The second-order valence-electron chi connectivity index (χ2n) is 5.73. The van der Waals surface area contributed by atoms with E-state index >= 15 is 0 Å². The summed E-state index contributed by atoms with van der Waals surface area (Å²) in [5, 5.41) is 8.17. The van der Waals surface area contributed by atoms with Gasteiger partial charge in [0.25, 0.3) is 0 Å². The van der Waals surface area contributed by atoms with Crippen molar-refractivity contribution in [3.63, 3.8) is 0 Å². The largest absolute Gasteiger partial charge is 0.362 e. The maximum absolute atomic E-state index is 5.33. The average Bonchev–Trinajstić information content (AvgIpc) is 2.48. The van der Waals surface area contributed by atoms with Gasteiger partial charge < -0.3 is 10.6 Å². The molecular formula is C17H26N2S2. The monoisotopic (exact) mass is 322 g/mol. The van der Waals surface area contributed by atoms with Gasteiger partial charge in [0.2, 0.25) is 0 Å². The van der Waals surface area contributed by atoms with Gasteiger partial charge in [-0.05, 0) is 61.9 Å². The summed E-state index contributed by atoms with van der Waals surface area (Å²) in [5.74, 6) is 1.24. The van der Waals surface area contributed by atoms with E-state index in [1.54, 1.807) is 0 Å². The van der Waals surface area contributed by atoms with E-state index < -0.39 is 0 Å². The van der Waals surface area contributed by atoms with Crippen LogP contribution in [0.15, 0.2) is 24.3 Å². The zero-order chi connectivity index (χ0) is 14.9. The third kappa shape index (κ3) is 6.70. The number of thiocarbonyl (C=S) groups is 1. The fourth-order valence-electron chi connectivity index (χ4n) is 2.65. The summed E-state index contributed by atoms with van der Waals surface area (Å²) in [6.45, 7) is 3.04. The van der Waals surface area contributed by atoms with Crippen molar-refractivity contribution in [3.8, 4) is 0 Å². The number of nitrogens with one attached hydrogen (secondary N) is 2. The van der Waals surface area contributed by atoms with Crippen LogP contribution in [0.3, 0.4) is 0 Å². The van der Waals surface area contributed by atoms with Crippen LogP contribution in [0.25, 0.3) is 0 Å². The van der Waals surface area contributed by atoms with Gasteiger partial charge in [0.1, 0.15) is 0 Å². The molecule has 0 saturated heterocycles.